The van der Waals surface area contributed by atoms with Crippen LogP contribution in [0.4, 0.5) is 0 Å². The highest BCUT2D eigenvalue weighted by Gasteiger charge is 2.11. The number of benzene rings is 2. The maximum Gasteiger partial charge on any atom is 0.135 e. The van der Waals surface area contributed by atoms with Crippen molar-refractivity contribution in [2.24, 2.45) is 0 Å². The van der Waals surface area contributed by atoms with Crippen LogP contribution in [0.2, 0.25) is 0 Å². The van der Waals surface area contributed by atoms with Gasteiger partial charge in [0.1, 0.15) is 24.8 Å². The Morgan fingerprint density at radius 2 is 1.79 bits per heavy atom. The molecule has 0 bridgehead atoms. The zero-order valence-corrected chi connectivity index (χ0v) is 14.5. The number of nitrogens with zero attached hydrogens (tertiary/aromatic N) is 2. The predicted octanol–water partition coefficient (Wildman–Crippen LogP) is 3.79. The Labute approximate surface area is 142 Å². The van der Waals surface area contributed by atoms with Gasteiger partial charge in [0.15, 0.2) is 0 Å². The van der Waals surface area contributed by atoms with E-state index in [1.807, 2.05) is 16.7 Å². The first-order valence-electron chi connectivity index (χ1n) is 8.41. The number of imidazole rings is 1. The summed E-state index contributed by atoms with van der Waals surface area (Å²) < 4.78 is 7.89. The van der Waals surface area contributed by atoms with E-state index in [4.69, 9.17) is 4.74 Å². The van der Waals surface area contributed by atoms with Crippen LogP contribution in [0.5, 0.6) is 5.75 Å². The minimum Gasteiger partial charge on any atom is -0.492 e. The Bertz CT molecular complexity index is 835. The van der Waals surface area contributed by atoms with Gasteiger partial charge in [0.05, 0.1) is 17.6 Å². The largest absolute Gasteiger partial charge is 0.492 e. The van der Waals surface area contributed by atoms with Crippen LogP contribution >= 0.6 is 0 Å². The second kappa shape index (κ2) is 7.05. The lowest BCUT2D eigenvalue weighted by molar-refractivity contribution is 0.255. The van der Waals surface area contributed by atoms with Crippen molar-refractivity contribution in [2.75, 3.05) is 6.61 Å². The van der Waals surface area contributed by atoms with Gasteiger partial charge in [-0.3, -0.25) is 0 Å². The number of aliphatic hydroxyl groups excluding tert-OH is 1. The van der Waals surface area contributed by atoms with Crippen molar-refractivity contribution in [1.29, 1.82) is 0 Å². The van der Waals surface area contributed by atoms with Crippen LogP contribution in [-0.2, 0) is 19.6 Å². The third-order valence-electron chi connectivity index (χ3n) is 4.50. The third kappa shape index (κ3) is 3.29. The first-order chi connectivity index (χ1) is 11.6. The average Bonchev–Trinajstić information content (AvgIpc) is 2.93. The molecule has 3 rings (SSSR count). The van der Waals surface area contributed by atoms with E-state index >= 15 is 0 Å². The molecule has 0 aliphatic carbocycles. The summed E-state index contributed by atoms with van der Waals surface area (Å²) in [5.74, 6) is 1.55. The summed E-state index contributed by atoms with van der Waals surface area (Å²) in [4.78, 5) is 4.54. The molecule has 0 saturated carbocycles. The van der Waals surface area contributed by atoms with Gasteiger partial charge in [-0.1, -0.05) is 19.1 Å². The highest BCUT2D eigenvalue weighted by Crippen LogP contribution is 2.21. The molecular weight excluding hydrogens is 300 g/mol. The molecule has 24 heavy (non-hydrogen) atoms. The fraction of sp³-hybridized carbons (Fsp3) is 0.350. The summed E-state index contributed by atoms with van der Waals surface area (Å²) in [6.07, 6.45) is 1.03. The van der Waals surface area contributed by atoms with Gasteiger partial charge in [0.2, 0.25) is 0 Å². The highest BCUT2D eigenvalue weighted by molar-refractivity contribution is 5.78. The maximum absolute atomic E-state index is 9.61. The molecule has 0 saturated heterocycles. The minimum absolute atomic E-state index is 0.0715. The van der Waals surface area contributed by atoms with E-state index in [1.54, 1.807) is 0 Å². The molecule has 3 aromatic rings. The third-order valence-corrected chi connectivity index (χ3v) is 4.50. The minimum atomic E-state index is -0.0715. The molecule has 126 valence electrons. The van der Waals surface area contributed by atoms with E-state index in [0.717, 1.165) is 23.2 Å². The Balaban J connectivity index is 1.77. The van der Waals surface area contributed by atoms with E-state index in [9.17, 15) is 5.11 Å². The SMILES string of the molecule is CCc1ccc(OCCn2c(CO)nc3cc(C)c(C)cc32)cc1. The Kier molecular flexibility index (Phi) is 4.86. The molecule has 0 fully saturated rings. The van der Waals surface area contributed by atoms with Gasteiger partial charge in [-0.05, 0) is 61.2 Å². The van der Waals surface area contributed by atoms with Crippen LogP contribution in [0.15, 0.2) is 36.4 Å². The standard InChI is InChI=1S/C20H24N2O2/c1-4-16-5-7-17(8-6-16)24-10-9-22-19-12-15(3)14(2)11-18(19)21-20(22)13-23/h5-8,11-12,23H,4,9-10,13H2,1-3H3. The molecule has 1 heterocycles. The van der Waals surface area contributed by atoms with E-state index < -0.39 is 0 Å². The fourth-order valence-electron chi connectivity index (χ4n) is 2.88. The summed E-state index contributed by atoms with van der Waals surface area (Å²) in [6.45, 7) is 7.44. The second-order valence-corrected chi connectivity index (χ2v) is 6.11. The molecule has 0 unspecified atom stereocenters. The topological polar surface area (TPSA) is 47.3 Å². The van der Waals surface area contributed by atoms with E-state index in [-0.39, 0.29) is 6.61 Å². The molecule has 0 aliphatic heterocycles. The molecule has 0 amide bonds. The monoisotopic (exact) mass is 324 g/mol. The zero-order chi connectivity index (χ0) is 17.1. The molecule has 2 aromatic carbocycles. The van der Waals surface area contributed by atoms with Crippen molar-refractivity contribution in [3.8, 4) is 5.75 Å². The Hall–Kier alpha value is -2.33. The molecule has 4 heteroatoms. The highest BCUT2D eigenvalue weighted by atomic mass is 16.5. The lowest BCUT2D eigenvalue weighted by Crippen LogP contribution is -2.11. The van der Waals surface area contributed by atoms with Gasteiger partial charge in [-0.25, -0.2) is 4.98 Å². The molecule has 0 spiro atoms. The molecule has 4 nitrogen and oxygen atoms in total. The number of hydrogen-bond donors (Lipinski definition) is 1. The number of aromatic nitrogens is 2. The van der Waals surface area contributed by atoms with Crippen LogP contribution in [0.1, 0.15) is 29.4 Å². The second-order valence-electron chi connectivity index (χ2n) is 6.11. The van der Waals surface area contributed by atoms with Gasteiger partial charge in [0.25, 0.3) is 0 Å². The van der Waals surface area contributed by atoms with Gasteiger partial charge in [-0.15, -0.1) is 0 Å². The summed E-state index contributed by atoms with van der Waals surface area (Å²) in [7, 11) is 0. The van der Waals surface area contributed by atoms with Gasteiger partial charge < -0.3 is 14.4 Å². The summed E-state index contributed by atoms with van der Waals surface area (Å²) in [5, 5.41) is 9.61. The van der Waals surface area contributed by atoms with Crippen LogP contribution in [0.3, 0.4) is 0 Å². The fourth-order valence-corrected chi connectivity index (χ4v) is 2.88. The number of hydrogen-bond acceptors (Lipinski definition) is 3. The number of aryl methyl sites for hydroxylation is 3. The number of fused-ring (bicyclic) bond motifs is 1. The van der Waals surface area contributed by atoms with Crippen LogP contribution < -0.4 is 4.74 Å². The van der Waals surface area contributed by atoms with Crippen LogP contribution in [0.25, 0.3) is 11.0 Å². The van der Waals surface area contributed by atoms with E-state index in [2.05, 4.69) is 50.0 Å². The zero-order valence-electron chi connectivity index (χ0n) is 14.5. The number of ether oxygens (including phenoxy) is 1. The van der Waals surface area contributed by atoms with Gasteiger partial charge in [0, 0.05) is 0 Å². The van der Waals surface area contributed by atoms with Gasteiger partial charge >= 0.3 is 0 Å². The summed E-state index contributed by atoms with van der Waals surface area (Å²) in [6, 6.07) is 12.4. The molecule has 1 aromatic heterocycles. The Morgan fingerprint density at radius 1 is 1.08 bits per heavy atom. The molecule has 0 atom stereocenters. The van der Waals surface area contributed by atoms with Crippen molar-refractivity contribution in [1.82, 2.24) is 9.55 Å². The van der Waals surface area contributed by atoms with Crippen molar-refractivity contribution in [2.45, 2.75) is 40.3 Å². The number of aliphatic hydroxyl groups is 1. The smallest absolute Gasteiger partial charge is 0.135 e. The van der Waals surface area contributed by atoms with Crippen molar-refractivity contribution < 1.29 is 9.84 Å². The first kappa shape index (κ1) is 16.5. The van der Waals surface area contributed by atoms with Crippen molar-refractivity contribution in [3.05, 3.63) is 58.9 Å². The summed E-state index contributed by atoms with van der Waals surface area (Å²) in [5.41, 5.74) is 5.71. The number of rotatable bonds is 6. The lowest BCUT2D eigenvalue weighted by atomic mass is 10.1. The lowest BCUT2D eigenvalue weighted by Gasteiger charge is -2.11. The van der Waals surface area contributed by atoms with Crippen molar-refractivity contribution >= 4 is 11.0 Å². The normalized spacial score (nSPS) is 11.2. The van der Waals surface area contributed by atoms with Crippen molar-refractivity contribution in [3.63, 3.8) is 0 Å². The molecule has 0 aliphatic rings. The van der Waals surface area contributed by atoms with Gasteiger partial charge in [-0.2, -0.15) is 0 Å². The predicted molar refractivity (Wildman–Crippen MR) is 96.4 cm³/mol. The quantitative estimate of drug-likeness (QED) is 0.750. The average molecular weight is 324 g/mol. The molecular formula is C20H24N2O2. The Morgan fingerprint density at radius 3 is 2.46 bits per heavy atom. The van der Waals surface area contributed by atoms with Crippen LogP contribution in [0, 0.1) is 13.8 Å². The van der Waals surface area contributed by atoms with Crippen LogP contribution in [-0.4, -0.2) is 21.3 Å². The van der Waals surface area contributed by atoms with E-state index in [1.165, 1.54) is 16.7 Å². The first-order valence-corrected chi connectivity index (χ1v) is 8.41. The maximum atomic E-state index is 9.61. The molecule has 0 radical (unpaired) electrons. The van der Waals surface area contributed by atoms with E-state index in [0.29, 0.717) is 19.0 Å². The molecule has 1 N–H and O–H groups in total. The summed E-state index contributed by atoms with van der Waals surface area (Å²) >= 11 is 0.